The summed E-state index contributed by atoms with van der Waals surface area (Å²) in [6, 6.07) is 15.3. The van der Waals surface area contributed by atoms with Crippen LogP contribution < -0.4 is 0 Å². The fourth-order valence-corrected chi connectivity index (χ4v) is 4.91. The van der Waals surface area contributed by atoms with E-state index in [0.29, 0.717) is 5.92 Å². The minimum Gasteiger partial charge on any atom is -0.248 e. The van der Waals surface area contributed by atoms with Gasteiger partial charge in [0.2, 0.25) is 0 Å². The highest BCUT2D eigenvalue weighted by Gasteiger charge is 2.22. The predicted molar refractivity (Wildman–Crippen MR) is 113 cm³/mol. The van der Waals surface area contributed by atoms with Crippen LogP contribution in [0.3, 0.4) is 0 Å². The van der Waals surface area contributed by atoms with E-state index in [2.05, 4.69) is 31.2 Å². The van der Waals surface area contributed by atoms with Gasteiger partial charge in [0.1, 0.15) is 10.8 Å². The van der Waals surface area contributed by atoms with Gasteiger partial charge in [-0.3, -0.25) is 0 Å². The number of hydrogen-bond donors (Lipinski definition) is 0. The van der Waals surface area contributed by atoms with E-state index in [-0.39, 0.29) is 4.90 Å². The van der Waals surface area contributed by atoms with Crippen molar-refractivity contribution < 1.29 is 13.0 Å². The van der Waals surface area contributed by atoms with Crippen molar-refractivity contribution in [3.63, 3.8) is 0 Å². The van der Waals surface area contributed by atoms with Gasteiger partial charge in [-0.2, -0.15) is 8.78 Å². The Bertz CT molecular complexity index is 747. The molecule has 1 unspecified atom stereocenters. The molecule has 152 valence electrons. The van der Waals surface area contributed by atoms with E-state index in [1.54, 1.807) is 12.1 Å². The van der Waals surface area contributed by atoms with Gasteiger partial charge in [0, 0.05) is 4.90 Å². The molecule has 0 amide bonds. The number of unbranched alkanes of at least 4 members (excludes halogenated alkanes) is 2. The first-order valence-corrected chi connectivity index (χ1v) is 11.7. The molecule has 0 bridgehead atoms. The van der Waals surface area contributed by atoms with E-state index in [4.69, 9.17) is 0 Å². The highest BCUT2D eigenvalue weighted by molar-refractivity contribution is 7.85. The smallest absolute Gasteiger partial charge is 0.248 e. The normalized spacial score (nSPS) is 21.0. The lowest BCUT2D eigenvalue weighted by Gasteiger charge is -2.29. The Labute approximate surface area is 170 Å². The maximum atomic E-state index is 12.6. The Hall–Kier alpha value is -1.55. The summed E-state index contributed by atoms with van der Waals surface area (Å²) in [6.07, 6.45) is 10.7. The molecule has 0 radical (unpaired) electrons. The molecule has 2 aromatic carbocycles. The number of alkyl halides is 2. The molecule has 0 aliphatic heterocycles. The van der Waals surface area contributed by atoms with Crippen LogP contribution in [0.1, 0.15) is 69.8 Å². The Morgan fingerprint density at radius 2 is 1.46 bits per heavy atom. The van der Waals surface area contributed by atoms with E-state index in [9.17, 15) is 13.0 Å². The third-order valence-corrected chi connectivity index (χ3v) is 7.09. The van der Waals surface area contributed by atoms with Gasteiger partial charge in [0.05, 0.1) is 0 Å². The SMILES string of the molecule is CCCCCC1CCC(c2ccc(-c3ccc(S(=O)C(F)F)cc3)cc2)CC1. The Balaban J connectivity index is 1.57. The summed E-state index contributed by atoms with van der Waals surface area (Å²) in [5, 5.41) is 0. The van der Waals surface area contributed by atoms with Crippen LogP contribution in [-0.2, 0) is 10.8 Å². The first kappa shape index (κ1) is 21.2. The molecule has 0 heterocycles. The summed E-state index contributed by atoms with van der Waals surface area (Å²) in [5.41, 5.74) is 3.43. The van der Waals surface area contributed by atoms with Gasteiger partial charge < -0.3 is 0 Å². The number of benzene rings is 2. The molecule has 0 aromatic heterocycles. The third kappa shape index (κ3) is 5.50. The number of halogens is 2. The van der Waals surface area contributed by atoms with E-state index >= 15 is 0 Å². The fraction of sp³-hybridized carbons (Fsp3) is 0.500. The van der Waals surface area contributed by atoms with E-state index in [0.717, 1.165) is 17.0 Å². The molecule has 0 N–H and O–H groups in total. The molecule has 1 saturated carbocycles. The molecule has 4 heteroatoms. The molecule has 28 heavy (non-hydrogen) atoms. The highest BCUT2D eigenvalue weighted by Crippen LogP contribution is 2.38. The summed E-state index contributed by atoms with van der Waals surface area (Å²) in [5.74, 6) is -1.27. The van der Waals surface area contributed by atoms with E-state index in [1.807, 2.05) is 0 Å². The zero-order chi connectivity index (χ0) is 19.9. The van der Waals surface area contributed by atoms with Crippen molar-refractivity contribution in [1.29, 1.82) is 0 Å². The number of rotatable bonds is 8. The average molecular weight is 405 g/mol. The first-order chi connectivity index (χ1) is 13.6. The van der Waals surface area contributed by atoms with E-state index < -0.39 is 16.6 Å². The molecule has 0 saturated heterocycles. The van der Waals surface area contributed by atoms with Crippen LogP contribution in [0.2, 0.25) is 0 Å². The van der Waals surface area contributed by atoms with Crippen molar-refractivity contribution in [1.82, 2.24) is 0 Å². The zero-order valence-electron chi connectivity index (χ0n) is 16.6. The molecule has 1 aliphatic carbocycles. The van der Waals surface area contributed by atoms with Gasteiger partial charge in [-0.1, -0.05) is 69.0 Å². The monoisotopic (exact) mass is 404 g/mol. The van der Waals surface area contributed by atoms with Gasteiger partial charge in [-0.05, 0) is 66.3 Å². The van der Waals surface area contributed by atoms with E-state index in [1.165, 1.54) is 69.1 Å². The van der Waals surface area contributed by atoms with Crippen LogP contribution in [-0.4, -0.2) is 9.97 Å². The van der Waals surface area contributed by atoms with Crippen LogP contribution in [0.15, 0.2) is 53.4 Å². The summed E-state index contributed by atoms with van der Waals surface area (Å²) < 4.78 is 36.6. The van der Waals surface area contributed by atoms with Crippen molar-refractivity contribution in [3.05, 3.63) is 54.1 Å². The quantitative estimate of drug-likeness (QED) is 0.415. The second-order valence-corrected chi connectivity index (χ2v) is 9.34. The summed E-state index contributed by atoms with van der Waals surface area (Å²) in [4.78, 5) is 0.172. The van der Waals surface area contributed by atoms with Gasteiger partial charge in [-0.15, -0.1) is 0 Å². The molecular weight excluding hydrogens is 374 g/mol. The molecule has 0 spiro atoms. The van der Waals surface area contributed by atoms with Crippen LogP contribution in [0.25, 0.3) is 11.1 Å². The van der Waals surface area contributed by atoms with Gasteiger partial charge in [-0.25, -0.2) is 4.21 Å². The first-order valence-electron chi connectivity index (χ1n) is 10.5. The second kappa shape index (κ2) is 10.3. The van der Waals surface area contributed by atoms with Crippen molar-refractivity contribution in [2.45, 2.75) is 74.9 Å². The van der Waals surface area contributed by atoms with Gasteiger partial charge in [0.25, 0.3) is 0 Å². The summed E-state index contributed by atoms with van der Waals surface area (Å²) >= 11 is 0. The topological polar surface area (TPSA) is 17.1 Å². The molecule has 1 nitrogen and oxygen atoms in total. The standard InChI is InChI=1S/C24H30F2OS/c1-2-3-4-5-18-6-8-19(9-7-18)20-10-12-21(13-11-20)22-14-16-23(17-15-22)28(27)24(25)26/h10-19,24H,2-9H2,1H3. The van der Waals surface area contributed by atoms with Crippen molar-refractivity contribution in [3.8, 4) is 11.1 Å². The Morgan fingerprint density at radius 1 is 0.893 bits per heavy atom. The largest absolute Gasteiger partial charge is 0.316 e. The lowest BCUT2D eigenvalue weighted by atomic mass is 9.77. The fourth-order valence-electron chi connectivity index (χ4n) is 4.30. The maximum absolute atomic E-state index is 12.6. The minimum absolute atomic E-state index is 0.172. The van der Waals surface area contributed by atoms with Crippen molar-refractivity contribution in [2.75, 3.05) is 0 Å². The lowest BCUT2D eigenvalue weighted by Crippen LogP contribution is -2.13. The van der Waals surface area contributed by atoms with Crippen molar-refractivity contribution in [2.24, 2.45) is 5.92 Å². The number of hydrogen-bond acceptors (Lipinski definition) is 1. The van der Waals surface area contributed by atoms with Gasteiger partial charge in [0.15, 0.2) is 0 Å². The Kier molecular flexibility index (Phi) is 7.78. The maximum Gasteiger partial charge on any atom is 0.316 e. The zero-order valence-corrected chi connectivity index (χ0v) is 17.4. The molecule has 1 atom stereocenters. The summed E-state index contributed by atoms with van der Waals surface area (Å²) in [7, 11) is -2.25. The summed E-state index contributed by atoms with van der Waals surface area (Å²) in [6.45, 7) is 2.26. The highest BCUT2D eigenvalue weighted by atomic mass is 32.2. The molecule has 3 rings (SSSR count). The van der Waals surface area contributed by atoms with Crippen molar-refractivity contribution >= 4 is 10.8 Å². The molecule has 1 fully saturated rings. The Morgan fingerprint density at radius 3 is 2.00 bits per heavy atom. The average Bonchev–Trinajstić information content (AvgIpc) is 2.74. The minimum atomic E-state index is -2.84. The molecule has 1 aliphatic rings. The third-order valence-electron chi connectivity index (χ3n) is 6.03. The molecular formula is C24H30F2OS. The van der Waals surface area contributed by atoms with Gasteiger partial charge >= 0.3 is 5.76 Å². The van der Waals surface area contributed by atoms with Crippen LogP contribution in [0.5, 0.6) is 0 Å². The van der Waals surface area contributed by atoms with Crippen LogP contribution >= 0.6 is 0 Å². The lowest BCUT2D eigenvalue weighted by molar-refractivity contribution is 0.244. The van der Waals surface area contributed by atoms with Crippen LogP contribution in [0, 0.1) is 5.92 Å². The van der Waals surface area contributed by atoms with Crippen LogP contribution in [0.4, 0.5) is 8.78 Å². The second-order valence-electron chi connectivity index (χ2n) is 7.92. The predicted octanol–water partition coefficient (Wildman–Crippen LogP) is 7.54. The molecule has 2 aromatic rings.